The van der Waals surface area contributed by atoms with Gasteiger partial charge in [0.2, 0.25) is 0 Å². The highest BCUT2D eigenvalue weighted by molar-refractivity contribution is 7.10. The van der Waals surface area contributed by atoms with Crippen molar-refractivity contribution in [2.45, 2.75) is 6.04 Å². The van der Waals surface area contributed by atoms with E-state index in [1.54, 1.807) is 53.9 Å². The molecule has 0 bridgehead atoms. The zero-order chi connectivity index (χ0) is 16.2. The number of aromatic nitrogens is 1. The third-order valence-electron chi connectivity index (χ3n) is 3.41. The Balaban J connectivity index is 1.92. The third-order valence-corrected chi connectivity index (χ3v) is 4.35. The number of rotatable bonds is 4. The van der Waals surface area contributed by atoms with Gasteiger partial charge in [-0.2, -0.15) is 0 Å². The molecule has 2 aromatic heterocycles. The maximum atomic E-state index is 12.5. The van der Waals surface area contributed by atoms with E-state index in [0.717, 1.165) is 10.4 Å². The first-order valence-electron chi connectivity index (χ1n) is 6.99. The summed E-state index contributed by atoms with van der Waals surface area (Å²) in [7, 11) is 0. The van der Waals surface area contributed by atoms with E-state index >= 15 is 0 Å². The lowest BCUT2D eigenvalue weighted by molar-refractivity contribution is 0.0944. The van der Waals surface area contributed by atoms with Gasteiger partial charge >= 0.3 is 0 Å². The molecule has 0 aliphatic heterocycles. The second-order valence-corrected chi connectivity index (χ2v) is 5.93. The van der Waals surface area contributed by atoms with Crippen molar-refractivity contribution in [1.82, 2.24) is 10.3 Å². The molecule has 5 nitrogen and oxygen atoms in total. The molecule has 23 heavy (non-hydrogen) atoms. The molecule has 0 spiro atoms. The molecule has 3 rings (SSSR count). The van der Waals surface area contributed by atoms with E-state index in [4.69, 9.17) is 5.73 Å². The highest BCUT2D eigenvalue weighted by Gasteiger charge is 2.20. The van der Waals surface area contributed by atoms with Gasteiger partial charge in [0, 0.05) is 11.1 Å². The number of nitrogens with two attached hydrogens (primary N) is 1. The van der Waals surface area contributed by atoms with E-state index in [-0.39, 0.29) is 23.5 Å². The number of aromatic hydroxyl groups is 1. The minimum atomic E-state index is -0.317. The number of pyridine rings is 1. The zero-order valence-corrected chi connectivity index (χ0v) is 13.0. The van der Waals surface area contributed by atoms with Crippen LogP contribution in [0.3, 0.4) is 0 Å². The number of nitrogens with zero attached hydrogens (tertiary/aromatic N) is 1. The fourth-order valence-electron chi connectivity index (χ4n) is 2.26. The molecule has 1 aromatic carbocycles. The van der Waals surface area contributed by atoms with E-state index in [0.29, 0.717) is 5.56 Å². The number of anilines is 1. The van der Waals surface area contributed by atoms with Crippen LogP contribution >= 0.6 is 11.3 Å². The first-order valence-corrected chi connectivity index (χ1v) is 7.87. The van der Waals surface area contributed by atoms with Gasteiger partial charge < -0.3 is 16.2 Å². The summed E-state index contributed by atoms with van der Waals surface area (Å²) in [4.78, 5) is 17.5. The van der Waals surface area contributed by atoms with E-state index in [9.17, 15) is 9.90 Å². The average molecular weight is 325 g/mol. The van der Waals surface area contributed by atoms with Gasteiger partial charge in [-0.1, -0.05) is 18.2 Å². The Morgan fingerprint density at radius 2 is 1.96 bits per heavy atom. The zero-order valence-electron chi connectivity index (χ0n) is 12.1. The molecule has 1 unspecified atom stereocenters. The second kappa shape index (κ2) is 6.50. The van der Waals surface area contributed by atoms with Crippen LogP contribution in [0.5, 0.6) is 5.75 Å². The van der Waals surface area contributed by atoms with Crippen LogP contribution in [0.15, 0.2) is 60.1 Å². The number of benzene rings is 1. The largest absolute Gasteiger partial charge is 0.508 e. The molecule has 0 saturated heterocycles. The highest BCUT2D eigenvalue weighted by Crippen LogP contribution is 2.27. The van der Waals surface area contributed by atoms with Gasteiger partial charge in [0.25, 0.3) is 5.91 Å². The first kappa shape index (κ1) is 15.1. The smallest absolute Gasteiger partial charge is 0.255 e. The van der Waals surface area contributed by atoms with Crippen LogP contribution in [0.1, 0.15) is 26.8 Å². The molecular weight excluding hydrogens is 310 g/mol. The van der Waals surface area contributed by atoms with Crippen molar-refractivity contribution < 1.29 is 9.90 Å². The predicted octanol–water partition coefficient (Wildman–Crippen LogP) is 2.95. The maximum Gasteiger partial charge on any atom is 0.255 e. The minimum Gasteiger partial charge on any atom is -0.508 e. The molecule has 0 saturated carbocycles. The number of nitrogens with one attached hydrogen (secondary N) is 1. The summed E-state index contributed by atoms with van der Waals surface area (Å²) >= 11 is 1.55. The number of hydrogen-bond donors (Lipinski definition) is 3. The summed E-state index contributed by atoms with van der Waals surface area (Å²) in [5.41, 5.74) is 6.99. The SMILES string of the molecule is Nc1ncccc1C(=O)NC(c1ccc(O)cc1)c1cccs1. The van der Waals surface area contributed by atoms with Crippen molar-refractivity contribution >= 4 is 23.1 Å². The van der Waals surface area contributed by atoms with Gasteiger partial charge in [-0.15, -0.1) is 11.3 Å². The molecule has 4 N–H and O–H groups in total. The summed E-state index contributed by atoms with van der Waals surface area (Å²) in [6, 6.07) is 13.6. The quantitative estimate of drug-likeness (QED) is 0.688. The number of hydrogen-bond acceptors (Lipinski definition) is 5. The van der Waals surface area contributed by atoms with Crippen LogP contribution in [0.2, 0.25) is 0 Å². The molecule has 116 valence electrons. The molecule has 0 radical (unpaired) electrons. The van der Waals surface area contributed by atoms with Gasteiger partial charge in [-0.25, -0.2) is 4.98 Å². The second-order valence-electron chi connectivity index (χ2n) is 4.95. The molecule has 2 heterocycles. The Hall–Kier alpha value is -2.86. The monoisotopic (exact) mass is 325 g/mol. The number of thiophene rings is 1. The van der Waals surface area contributed by atoms with E-state index in [1.165, 1.54) is 0 Å². The van der Waals surface area contributed by atoms with Crippen molar-refractivity contribution in [2.24, 2.45) is 0 Å². The molecule has 0 aliphatic rings. The van der Waals surface area contributed by atoms with E-state index in [2.05, 4.69) is 10.3 Å². The van der Waals surface area contributed by atoms with Crippen LogP contribution in [-0.4, -0.2) is 16.0 Å². The topological polar surface area (TPSA) is 88.2 Å². The normalized spacial score (nSPS) is 11.8. The Morgan fingerprint density at radius 3 is 2.61 bits per heavy atom. The average Bonchev–Trinajstić information content (AvgIpc) is 3.08. The number of amides is 1. The summed E-state index contributed by atoms with van der Waals surface area (Å²) in [6.45, 7) is 0. The minimum absolute atomic E-state index is 0.182. The van der Waals surface area contributed by atoms with Crippen molar-refractivity contribution in [2.75, 3.05) is 5.73 Å². The Labute approximate surface area is 137 Å². The van der Waals surface area contributed by atoms with Crippen LogP contribution in [0, 0.1) is 0 Å². The number of carbonyl (C=O) groups excluding carboxylic acids is 1. The number of phenolic OH excluding ortho intramolecular Hbond substituents is 1. The number of carbonyl (C=O) groups is 1. The Morgan fingerprint density at radius 1 is 1.17 bits per heavy atom. The first-order chi connectivity index (χ1) is 11.1. The maximum absolute atomic E-state index is 12.5. The van der Waals surface area contributed by atoms with E-state index < -0.39 is 0 Å². The fraction of sp³-hybridized carbons (Fsp3) is 0.0588. The fourth-order valence-corrected chi connectivity index (χ4v) is 3.06. The lowest BCUT2D eigenvalue weighted by Crippen LogP contribution is -2.29. The summed E-state index contributed by atoms with van der Waals surface area (Å²) in [6.07, 6.45) is 1.54. The molecule has 0 aliphatic carbocycles. The van der Waals surface area contributed by atoms with Crippen LogP contribution < -0.4 is 11.1 Å². The molecule has 0 fully saturated rings. The standard InChI is InChI=1S/C17H15N3O2S/c18-16-13(3-1-9-19-16)17(22)20-15(14-4-2-10-23-14)11-5-7-12(21)8-6-11/h1-10,15,21H,(H2,18,19)(H,20,22). The number of phenols is 1. The lowest BCUT2D eigenvalue weighted by atomic mass is 10.0. The van der Waals surface area contributed by atoms with E-state index in [1.807, 2.05) is 17.5 Å². The molecule has 6 heteroatoms. The van der Waals surface area contributed by atoms with Crippen LogP contribution in [-0.2, 0) is 0 Å². The van der Waals surface area contributed by atoms with Gasteiger partial charge in [0.1, 0.15) is 11.6 Å². The lowest BCUT2D eigenvalue weighted by Gasteiger charge is -2.18. The molecule has 1 amide bonds. The molecular formula is C17H15N3O2S. The Bertz CT molecular complexity index is 801. The van der Waals surface area contributed by atoms with Crippen LogP contribution in [0.4, 0.5) is 5.82 Å². The van der Waals surface area contributed by atoms with Crippen molar-refractivity contribution in [3.63, 3.8) is 0 Å². The van der Waals surface area contributed by atoms with Crippen molar-refractivity contribution in [3.05, 3.63) is 76.1 Å². The van der Waals surface area contributed by atoms with Crippen molar-refractivity contribution in [3.8, 4) is 5.75 Å². The third kappa shape index (κ3) is 3.32. The Kier molecular flexibility index (Phi) is 4.25. The molecule has 3 aromatic rings. The van der Waals surface area contributed by atoms with Gasteiger partial charge in [0.05, 0.1) is 11.6 Å². The van der Waals surface area contributed by atoms with Crippen molar-refractivity contribution in [1.29, 1.82) is 0 Å². The predicted molar refractivity (Wildman–Crippen MR) is 90.4 cm³/mol. The highest BCUT2D eigenvalue weighted by atomic mass is 32.1. The number of nitrogen functional groups attached to an aromatic ring is 1. The summed E-state index contributed by atoms with van der Waals surface area (Å²) < 4.78 is 0. The summed E-state index contributed by atoms with van der Waals surface area (Å²) in [5, 5.41) is 14.4. The van der Waals surface area contributed by atoms with Gasteiger partial charge in [-0.3, -0.25) is 4.79 Å². The van der Waals surface area contributed by atoms with Gasteiger partial charge in [0.15, 0.2) is 0 Å². The molecule has 1 atom stereocenters. The van der Waals surface area contributed by atoms with Gasteiger partial charge in [-0.05, 0) is 41.3 Å². The summed E-state index contributed by atoms with van der Waals surface area (Å²) in [5.74, 6) is 0.0872. The van der Waals surface area contributed by atoms with Crippen LogP contribution in [0.25, 0.3) is 0 Å².